The summed E-state index contributed by atoms with van der Waals surface area (Å²) in [6, 6.07) is 10.5. The number of ether oxygens (including phenoxy) is 1. The van der Waals surface area contributed by atoms with E-state index < -0.39 is 5.91 Å². The minimum absolute atomic E-state index is 0.00367. The van der Waals surface area contributed by atoms with E-state index in [0.717, 1.165) is 37.5 Å². The Morgan fingerprint density at radius 3 is 2.40 bits per heavy atom. The number of anilines is 1. The Bertz CT molecular complexity index is 766. The average molecular weight is 339 g/mol. The lowest BCUT2D eigenvalue weighted by atomic mass is 9.89. The molecule has 0 spiro atoms. The first-order valence-corrected chi connectivity index (χ1v) is 8.27. The number of nitrogens with zero attached hydrogens (tertiary/aromatic N) is 2. The number of aromatic nitrogens is 1. The van der Waals surface area contributed by atoms with Gasteiger partial charge in [-0.2, -0.15) is 0 Å². The van der Waals surface area contributed by atoms with Gasteiger partial charge in [0, 0.05) is 36.3 Å². The summed E-state index contributed by atoms with van der Waals surface area (Å²) in [6.07, 6.45) is 3.10. The van der Waals surface area contributed by atoms with Gasteiger partial charge < -0.3 is 15.4 Å². The molecule has 2 N–H and O–H groups in total. The molecule has 1 fully saturated rings. The van der Waals surface area contributed by atoms with E-state index in [4.69, 9.17) is 10.5 Å². The molecule has 1 amide bonds. The van der Waals surface area contributed by atoms with Gasteiger partial charge >= 0.3 is 0 Å². The highest BCUT2D eigenvalue weighted by Gasteiger charge is 2.26. The summed E-state index contributed by atoms with van der Waals surface area (Å²) in [4.78, 5) is 30.4. The number of carbonyl (C=O) groups is 2. The lowest BCUT2D eigenvalue weighted by molar-refractivity contribution is 0.0900. The number of primary amides is 1. The normalized spacial score (nSPS) is 15.0. The zero-order valence-electron chi connectivity index (χ0n) is 14.1. The second-order valence-electron chi connectivity index (χ2n) is 6.12. The molecule has 0 atom stereocenters. The number of benzene rings is 1. The van der Waals surface area contributed by atoms with Gasteiger partial charge in [0.15, 0.2) is 5.78 Å². The van der Waals surface area contributed by atoms with Crippen LogP contribution in [0.15, 0.2) is 42.6 Å². The Morgan fingerprint density at radius 1 is 1.12 bits per heavy atom. The fourth-order valence-corrected chi connectivity index (χ4v) is 3.11. The van der Waals surface area contributed by atoms with E-state index in [1.807, 2.05) is 24.3 Å². The SMILES string of the molecule is COc1ccc(C(=O)C2CCN(c3cc(C(N)=O)ccn3)CC2)cc1. The molecule has 0 unspecified atom stereocenters. The summed E-state index contributed by atoms with van der Waals surface area (Å²) in [5, 5.41) is 0. The fraction of sp³-hybridized carbons (Fsp3) is 0.316. The van der Waals surface area contributed by atoms with Crippen molar-refractivity contribution in [1.82, 2.24) is 4.98 Å². The third kappa shape index (κ3) is 3.79. The zero-order valence-corrected chi connectivity index (χ0v) is 14.1. The van der Waals surface area contributed by atoms with Crippen molar-refractivity contribution in [3.63, 3.8) is 0 Å². The highest BCUT2D eigenvalue weighted by atomic mass is 16.5. The van der Waals surface area contributed by atoms with Crippen LogP contribution in [0.3, 0.4) is 0 Å². The molecular weight excluding hydrogens is 318 g/mol. The second-order valence-corrected chi connectivity index (χ2v) is 6.12. The van der Waals surface area contributed by atoms with Gasteiger partial charge in [-0.25, -0.2) is 4.98 Å². The quantitative estimate of drug-likeness (QED) is 0.845. The van der Waals surface area contributed by atoms with Crippen molar-refractivity contribution in [3.05, 3.63) is 53.7 Å². The van der Waals surface area contributed by atoms with Gasteiger partial charge in [-0.05, 0) is 49.2 Å². The summed E-state index contributed by atoms with van der Waals surface area (Å²) in [5.41, 5.74) is 6.48. The number of rotatable bonds is 5. The molecule has 1 aromatic heterocycles. The molecule has 1 saturated heterocycles. The summed E-state index contributed by atoms with van der Waals surface area (Å²) < 4.78 is 5.13. The largest absolute Gasteiger partial charge is 0.497 e. The number of piperidine rings is 1. The lowest BCUT2D eigenvalue weighted by Crippen LogP contribution is -2.37. The van der Waals surface area contributed by atoms with Crippen LogP contribution in [-0.4, -0.2) is 36.9 Å². The van der Waals surface area contributed by atoms with Crippen LogP contribution < -0.4 is 15.4 Å². The predicted octanol–water partition coefficient (Wildman–Crippen LogP) is 2.29. The molecule has 2 aromatic rings. The van der Waals surface area contributed by atoms with Crippen molar-refractivity contribution in [2.24, 2.45) is 11.7 Å². The van der Waals surface area contributed by atoms with Crippen molar-refractivity contribution < 1.29 is 14.3 Å². The van der Waals surface area contributed by atoms with Crippen molar-refractivity contribution >= 4 is 17.5 Å². The first-order chi connectivity index (χ1) is 12.1. The van der Waals surface area contributed by atoms with Crippen LogP contribution in [0.5, 0.6) is 5.75 Å². The number of Topliss-reactive ketones (excluding diaryl/α,β-unsaturated/α-hetero) is 1. The van der Waals surface area contributed by atoms with Gasteiger partial charge in [0.25, 0.3) is 0 Å². The van der Waals surface area contributed by atoms with Crippen LogP contribution in [-0.2, 0) is 0 Å². The number of ketones is 1. The number of pyridine rings is 1. The van der Waals surface area contributed by atoms with E-state index in [1.165, 1.54) is 0 Å². The Kier molecular flexibility index (Phi) is 4.97. The number of amides is 1. The molecule has 3 rings (SSSR count). The number of hydrogen-bond donors (Lipinski definition) is 1. The summed E-state index contributed by atoms with van der Waals surface area (Å²) >= 11 is 0. The molecule has 2 heterocycles. The average Bonchev–Trinajstić information content (AvgIpc) is 2.67. The molecule has 25 heavy (non-hydrogen) atoms. The maximum atomic E-state index is 12.6. The first-order valence-electron chi connectivity index (χ1n) is 8.27. The highest BCUT2D eigenvalue weighted by Crippen LogP contribution is 2.25. The molecule has 1 aliphatic heterocycles. The molecule has 0 aliphatic carbocycles. The molecule has 0 radical (unpaired) electrons. The fourth-order valence-electron chi connectivity index (χ4n) is 3.11. The maximum Gasteiger partial charge on any atom is 0.248 e. The van der Waals surface area contributed by atoms with Crippen LogP contribution in [0.1, 0.15) is 33.6 Å². The lowest BCUT2D eigenvalue weighted by Gasteiger charge is -2.32. The summed E-state index contributed by atoms with van der Waals surface area (Å²) in [5.74, 6) is 1.18. The summed E-state index contributed by atoms with van der Waals surface area (Å²) in [6.45, 7) is 1.45. The van der Waals surface area contributed by atoms with Crippen molar-refractivity contribution in [2.75, 3.05) is 25.1 Å². The van der Waals surface area contributed by atoms with E-state index in [9.17, 15) is 9.59 Å². The molecule has 6 heteroatoms. The van der Waals surface area contributed by atoms with E-state index >= 15 is 0 Å². The van der Waals surface area contributed by atoms with Crippen LogP contribution in [0, 0.1) is 5.92 Å². The Morgan fingerprint density at radius 2 is 1.80 bits per heavy atom. The Balaban J connectivity index is 1.64. The monoisotopic (exact) mass is 339 g/mol. The first kappa shape index (κ1) is 17.0. The van der Waals surface area contributed by atoms with Crippen molar-refractivity contribution in [2.45, 2.75) is 12.8 Å². The van der Waals surface area contributed by atoms with Gasteiger partial charge in [0.2, 0.25) is 5.91 Å². The van der Waals surface area contributed by atoms with Crippen molar-refractivity contribution in [1.29, 1.82) is 0 Å². The van der Waals surface area contributed by atoms with Gasteiger partial charge in [0.1, 0.15) is 11.6 Å². The predicted molar refractivity (Wildman–Crippen MR) is 95.0 cm³/mol. The topological polar surface area (TPSA) is 85.5 Å². The Hall–Kier alpha value is -2.89. The molecular formula is C19H21N3O3. The summed E-state index contributed by atoms with van der Waals surface area (Å²) in [7, 11) is 1.60. The molecule has 6 nitrogen and oxygen atoms in total. The van der Waals surface area contributed by atoms with E-state index in [2.05, 4.69) is 9.88 Å². The van der Waals surface area contributed by atoms with Crippen LogP contribution in [0.4, 0.5) is 5.82 Å². The Labute approximate surface area is 146 Å². The number of nitrogens with two attached hydrogens (primary N) is 1. The van der Waals surface area contributed by atoms with Gasteiger partial charge in [-0.3, -0.25) is 9.59 Å². The standard InChI is InChI=1S/C19H21N3O3/c1-25-16-4-2-13(3-5-16)18(23)14-7-10-22(11-8-14)17-12-15(19(20)24)6-9-21-17/h2-6,9,12,14H,7-8,10-11H2,1H3,(H2,20,24). The van der Waals surface area contributed by atoms with Crippen LogP contribution in [0.25, 0.3) is 0 Å². The van der Waals surface area contributed by atoms with Crippen LogP contribution >= 0.6 is 0 Å². The number of methoxy groups -OCH3 is 1. The zero-order chi connectivity index (χ0) is 17.8. The molecule has 0 bridgehead atoms. The van der Waals surface area contributed by atoms with E-state index in [-0.39, 0.29) is 11.7 Å². The molecule has 1 aromatic carbocycles. The minimum Gasteiger partial charge on any atom is -0.497 e. The third-order valence-electron chi connectivity index (χ3n) is 4.59. The maximum absolute atomic E-state index is 12.6. The van der Waals surface area contributed by atoms with E-state index in [0.29, 0.717) is 11.1 Å². The molecule has 130 valence electrons. The van der Waals surface area contributed by atoms with E-state index in [1.54, 1.807) is 25.4 Å². The third-order valence-corrected chi connectivity index (χ3v) is 4.59. The molecule has 0 saturated carbocycles. The van der Waals surface area contributed by atoms with Crippen molar-refractivity contribution in [3.8, 4) is 5.75 Å². The van der Waals surface area contributed by atoms with Gasteiger partial charge in [-0.15, -0.1) is 0 Å². The second kappa shape index (κ2) is 7.34. The van der Waals surface area contributed by atoms with Gasteiger partial charge in [-0.1, -0.05) is 0 Å². The van der Waals surface area contributed by atoms with Gasteiger partial charge in [0.05, 0.1) is 7.11 Å². The minimum atomic E-state index is -0.465. The van der Waals surface area contributed by atoms with Crippen LogP contribution in [0.2, 0.25) is 0 Å². The smallest absolute Gasteiger partial charge is 0.248 e. The highest BCUT2D eigenvalue weighted by molar-refractivity contribution is 5.98. The number of hydrogen-bond acceptors (Lipinski definition) is 5. The number of carbonyl (C=O) groups excluding carboxylic acids is 2. The molecule has 1 aliphatic rings.